The van der Waals surface area contributed by atoms with Gasteiger partial charge in [0.1, 0.15) is 6.10 Å². The van der Waals surface area contributed by atoms with E-state index in [4.69, 9.17) is 13.9 Å². The van der Waals surface area contributed by atoms with E-state index in [1.165, 1.54) is 11.1 Å². The second-order valence-electron chi connectivity index (χ2n) is 12.7. The number of ether oxygens (including phenoxy) is 2. The molecule has 0 bridgehead atoms. The summed E-state index contributed by atoms with van der Waals surface area (Å²) >= 11 is 0. The van der Waals surface area contributed by atoms with Gasteiger partial charge >= 0.3 is 0 Å². The minimum Gasteiger partial charge on any atom is -0.447 e. The van der Waals surface area contributed by atoms with E-state index in [2.05, 4.69) is 39.1 Å². The third kappa shape index (κ3) is 5.32. The van der Waals surface area contributed by atoms with Gasteiger partial charge in [0, 0.05) is 5.56 Å². The van der Waals surface area contributed by atoms with Gasteiger partial charge in [-0.05, 0) is 84.9 Å². The van der Waals surface area contributed by atoms with Gasteiger partial charge in [0.25, 0.3) is 5.91 Å². The zero-order valence-electron chi connectivity index (χ0n) is 24.0. The molecule has 1 saturated heterocycles. The molecule has 39 heavy (non-hydrogen) atoms. The second kappa shape index (κ2) is 9.76. The van der Waals surface area contributed by atoms with E-state index in [1.807, 2.05) is 57.2 Å². The van der Waals surface area contributed by atoms with Crippen LogP contribution in [0.3, 0.4) is 0 Å². The molecule has 1 aromatic heterocycles. The van der Waals surface area contributed by atoms with Crippen LogP contribution in [0, 0.1) is 6.92 Å². The molecule has 0 saturated carbocycles. The third-order valence-electron chi connectivity index (χ3n) is 8.33. The van der Waals surface area contributed by atoms with Crippen molar-refractivity contribution in [2.24, 2.45) is 0 Å². The maximum Gasteiger partial charge on any atom is 0.287 e. The van der Waals surface area contributed by atoms with Crippen LogP contribution in [0.4, 0.5) is 0 Å². The molecule has 2 aliphatic rings. The van der Waals surface area contributed by atoms with Crippen molar-refractivity contribution in [3.05, 3.63) is 93.9 Å². The largest absolute Gasteiger partial charge is 0.447 e. The fourth-order valence-electron chi connectivity index (χ4n) is 5.78. The van der Waals surface area contributed by atoms with Crippen molar-refractivity contribution < 1.29 is 23.5 Å². The van der Waals surface area contributed by atoms with Crippen LogP contribution in [-0.2, 0) is 20.3 Å². The predicted octanol–water partition coefficient (Wildman–Crippen LogP) is 6.79. The first-order chi connectivity index (χ1) is 18.3. The number of carbonyl (C=O) groups excluding carboxylic acids is 2. The zero-order chi connectivity index (χ0) is 28.2. The molecule has 1 N–H and O–H groups in total. The van der Waals surface area contributed by atoms with Crippen LogP contribution in [0.5, 0.6) is 0 Å². The highest BCUT2D eigenvalue weighted by Gasteiger charge is 2.40. The Kier molecular flexibility index (Phi) is 6.84. The van der Waals surface area contributed by atoms with Gasteiger partial charge in [-0.1, -0.05) is 64.1 Å². The number of ketones is 1. The summed E-state index contributed by atoms with van der Waals surface area (Å²) in [6.07, 6.45) is 1.78. The molecule has 0 spiro atoms. The SMILES string of the molecule is Cc1cc2c(cc1C(=O)c1ccc(C(=O)NC3COC(C)(C)OC3c3ccccc3)o1)C(C)(C)CCC2(C)C. The Hall–Kier alpha value is -3.22. The first-order valence-corrected chi connectivity index (χ1v) is 13.8. The lowest BCUT2D eigenvalue weighted by Crippen LogP contribution is -2.51. The van der Waals surface area contributed by atoms with Crippen LogP contribution >= 0.6 is 0 Å². The monoisotopic (exact) mass is 529 g/mol. The highest BCUT2D eigenvalue weighted by molar-refractivity contribution is 6.09. The number of amides is 1. The summed E-state index contributed by atoms with van der Waals surface area (Å²) in [7, 11) is 0. The second-order valence-corrected chi connectivity index (χ2v) is 12.7. The molecule has 6 nitrogen and oxygen atoms in total. The van der Waals surface area contributed by atoms with Gasteiger partial charge in [-0.25, -0.2) is 0 Å². The number of benzene rings is 2. The minimum atomic E-state index is -0.775. The van der Waals surface area contributed by atoms with Crippen LogP contribution in [0.2, 0.25) is 0 Å². The first-order valence-electron chi connectivity index (χ1n) is 13.8. The lowest BCUT2D eigenvalue weighted by molar-refractivity contribution is -0.284. The minimum absolute atomic E-state index is 0.0181. The van der Waals surface area contributed by atoms with E-state index in [0.29, 0.717) is 5.56 Å². The Balaban J connectivity index is 1.37. The zero-order valence-corrected chi connectivity index (χ0v) is 24.0. The molecule has 1 aliphatic heterocycles. The molecular formula is C33H39NO5. The van der Waals surface area contributed by atoms with Gasteiger partial charge in [0.05, 0.1) is 12.6 Å². The van der Waals surface area contributed by atoms with Crippen LogP contribution < -0.4 is 5.32 Å². The number of nitrogens with one attached hydrogen (secondary N) is 1. The van der Waals surface area contributed by atoms with Crippen molar-refractivity contribution in [3.63, 3.8) is 0 Å². The molecule has 2 unspecified atom stereocenters. The van der Waals surface area contributed by atoms with E-state index >= 15 is 0 Å². The number of rotatable bonds is 5. The average molecular weight is 530 g/mol. The molecule has 1 aliphatic carbocycles. The lowest BCUT2D eigenvalue weighted by Gasteiger charge is -2.42. The number of hydrogen-bond acceptors (Lipinski definition) is 5. The quantitative estimate of drug-likeness (QED) is 0.368. The highest BCUT2D eigenvalue weighted by atomic mass is 16.7. The summed E-state index contributed by atoms with van der Waals surface area (Å²) in [5, 5.41) is 2.99. The van der Waals surface area contributed by atoms with Crippen molar-refractivity contribution in [2.45, 2.75) is 90.1 Å². The maximum atomic E-state index is 13.6. The van der Waals surface area contributed by atoms with Gasteiger partial charge in [-0.15, -0.1) is 0 Å². The molecule has 3 aromatic rings. The van der Waals surface area contributed by atoms with E-state index in [-0.39, 0.29) is 40.8 Å². The number of carbonyl (C=O) groups is 2. The van der Waals surface area contributed by atoms with E-state index < -0.39 is 17.7 Å². The fourth-order valence-corrected chi connectivity index (χ4v) is 5.78. The summed E-state index contributed by atoms with van der Waals surface area (Å²) in [5.74, 6) is -1.19. The number of aryl methyl sites for hydroxylation is 1. The Morgan fingerprint density at radius 1 is 0.846 bits per heavy atom. The Morgan fingerprint density at radius 3 is 2.13 bits per heavy atom. The molecule has 2 heterocycles. The first kappa shape index (κ1) is 27.4. The summed E-state index contributed by atoms with van der Waals surface area (Å²) in [4.78, 5) is 26.8. The van der Waals surface area contributed by atoms with Crippen molar-refractivity contribution >= 4 is 11.7 Å². The normalized spacial score (nSPS) is 23.1. The standard InChI is InChI=1S/C33H39NO5/c1-20-17-23-24(32(4,5)16-15-31(23,2)3)18-22(20)28(35)26-13-14-27(38-26)30(36)34-25-19-37-33(6,7)39-29(25)21-11-9-8-10-12-21/h8-14,17-18,25,29H,15-16,19H2,1-7H3,(H,34,36). The maximum absolute atomic E-state index is 13.6. The molecule has 6 heteroatoms. The predicted molar refractivity (Wildman–Crippen MR) is 150 cm³/mol. The highest BCUT2D eigenvalue weighted by Crippen LogP contribution is 2.46. The third-order valence-corrected chi connectivity index (χ3v) is 8.33. The van der Waals surface area contributed by atoms with E-state index in [9.17, 15) is 9.59 Å². The topological polar surface area (TPSA) is 77.8 Å². The molecule has 0 radical (unpaired) electrons. The number of hydrogen-bond donors (Lipinski definition) is 1. The molecule has 5 rings (SSSR count). The summed E-state index contributed by atoms with van der Waals surface area (Å²) < 4.78 is 17.8. The fraction of sp³-hybridized carbons (Fsp3) is 0.455. The van der Waals surface area contributed by atoms with Crippen molar-refractivity contribution in [3.8, 4) is 0 Å². The Morgan fingerprint density at radius 2 is 1.46 bits per heavy atom. The van der Waals surface area contributed by atoms with Crippen LogP contribution in [0.25, 0.3) is 0 Å². The van der Waals surface area contributed by atoms with E-state index in [1.54, 1.807) is 12.1 Å². The van der Waals surface area contributed by atoms with Gasteiger partial charge in [0.2, 0.25) is 5.78 Å². The number of furan rings is 1. The summed E-state index contributed by atoms with van der Waals surface area (Å²) in [5.41, 5.74) is 5.04. The van der Waals surface area contributed by atoms with Crippen molar-refractivity contribution in [2.75, 3.05) is 6.61 Å². The van der Waals surface area contributed by atoms with Crippen molar-refractivity contribution in [1.82, 2.24) is 5.32 Å². The van der Waals surface area contributed by atoms with Gasteiger partial charge < -0.3 is 19.2 Å². The van der Waals surface area contributed by atoms with Crippen LogP contribution in [0.1, 0.15) is 109 Å². The van der Waals surface area contributed by atoms with Crippen LogP contribution in [-0.4, -0.2) is 30.1 Å². The molecule has 2 atom stereocenters. The van der Waals surface area contributed by atoms with Crippen molar-refractivity contribution in [1.29, 1.82) is 0 Å². The van der Waals surface area contributed by atoms with E-state index in [0.717, 1.165) is 24.0 Å². The average Bonchev–Trinajstić information content (AvgIpc) is 3.38. The lowest BCUT2D eigenvalue weighted by atomic mass is 9.62. The van der Waals surface area contributed by atoms with Crippen LogP contribution in [0.15, 0.2) is 59.0 Å². The molecular weight excluding hydrogens is 490 g/mol. The summed E-state index contributed by atoms with van der Waals surface area (Å²) in [6, 6.07) is 16.7. The molecule has 206 valence electrons. The molecule has 1 fully saturated rings. The Bertz CT molecular complexity index is 1400. The van der Waals surface area contributed by atoms with Gasteiger partial charge in [-0.2, -0.15) is 0 Å². The summed E-state index contributed by atoms with van der Waals surface area (Å²) in [6.45, 7) is 15.0. The molecule has 2 aromatic carbocycles. The molecule has 1 amide bonds. The van der Waals surface area contributed by atoms with Gasteiger partial charge in [-0.3, -0.25) is 9.59 Å². The number of fused-ring (bicyclic) bond motifs is 1. The van der Waals surface area contributed by atoms with Gasteiger partial charge in [0.15, 0.2) is 17.3 Å². The Labute approximate surface area is 231 Å². The smallest absolute Gasteiger partial charge is 0.287 e.